The Morgan fingerprint density at radius 1 is 1.32 bits per heavy atom. The molecule has 0 unspecified atom stereocenters. The number of aromatic nitrogens is 1. The van der Waals surface area contributed by atoms with Crippen LogP contribution in [0.3, 0.4) is 0 Å². The Morgan fingerprint density at radius 2 is 2.18 bits per heavy atom. The largest absolute Gasteiger partial charge is 0.486 e. The van der Waals surface area contributed by atoms with Crippen LogP contribution >= 0.6 is 11.6 Å². The van der Waals surface area contributed by atoms with E-state index in [-0.39, 0.29) is 13.2 Å². The highest BCUT2D eigenvalue weighted by molar-refractivity contribution is 6.32. The maximum atomic E-state index is 9.06. The molecular weight excluding hydrogens is 306 g/mol. The minimum Gasteiger partial charge on any atom is -0.486 e. The molecule has 3 aromatic rings. The van der Waals surface area contributed by atoms with Gasteiger partial charge in [-0.05, 0) is 36.8 Å². The maximum Gasteiger partial charge on any atom is 0.263 e. The van der Waals surface area contributed by atoms with Gasteiger partial charge in [-0.1, -0.05) is 17.7 Å². The quantitative estimate of drug-likeness (QED) is 0.770. The Morgan fingerprint density at radius 3 is 2.86 bits per heavy atom. The molecule has 1 N–H and O–H groups in total. The van der Waals surface area contributed by atoms with Gasteiger partial charge in [-0.25, -0.2) is 4.98 Å². The molecule has 0 atom stereocenters. The van der Waals surface area contributed by atoms with E-state index in [1.165, 1.54) is 0 Å². The fourth-order valence-electron chi connectivity index (χ4n) is 1.97. The Bertz CT molecular complexity index is 765. The summed E-state index contributed by atoms with van der Waals surface area (Å²) in [5, 5.41) is 9.50. The number of halogens is 1. The number of rotatable bonds is 5. The molecule has 0 aliphatic rings. The van der Waals surface area contributed by atoms with Crippen molar-refractivity contribution in [2.24, 2.45) is 0 Å². The van der Waals surface area contributed by atoms with E-state index in [1.807, 2.05) is 6.92 Å². The first-order valence-electron chi connectivity index (χ1n) is 6.69. The van der Waals surface area contributed by atoms with E-state index < -0.39 is 0 Å². The van der Waals surface area contributed by atoms with Gasteiger partial charge in [0.05, 0.1) is 17.9 Å². The molecule has 0 bridgehead atoms. The average molecular weight is 320 g/mol. The number of furan rings is 1. The second-order valence-corrected chi connectivity index (χ2v) is 5.12. The number of nitrogens with zero attached hydrogens (tertiary/aromatic N) is 1. The fraction of sp³-hybridized carbons (Fsp3) is 0.188. The van der Waals surface area contributed by atoms with Crippen LogP contribution in [0.25, 0.3) is 11.7 Å². The number of ether oxygens (including phenoxy) is 1. The number of oxazole rings is 1. The highest BCUT2D eigenvalue weighted by Gasteiger charge is 2.14. The summed E-state index contributed by atoms with van der Waals surface area (Å²) in [6.45, 7) is 1.98. The van der Waals surface area contributed by atoms with E-state index >= 15 is 0 Å². The molecule has 0 saturated heterocycles. The van der Waals surface area contributed by atoms with E-state index in [2.05, 4.69) is 4.98 Å². The summed E-state index contributed by atoms with van der Waals surface area (Å²) in [4.78, 5) is 4.36. The van der Waals surface area contributed by atoms with Crippen molar-refractivity contribution in [1.29, 1.82) is 0 Å². The van der Waals surface area contributed by atoms with Gasteiger partial charge in [0.2, 0.25) is 0 Å². The van der Waals surface area contributed by atoms with Gasteiger partial charge in [-0.15, -0.1) is 0 Å². The Balaban J connectivity index is 1.74. The van der Waals surface area contributed by atoms with Crippen LogP contribution in [0.15, 0.2) is 45.4 Å². The van der Waals surface area contributed by atoms with E-state index in [0.717, 1.165) is 5.56 Å². The molecule has 0 saturated carbocycles. The molecule has 0 amide bonds. The summed E-state index contributed by atoms with van der Waals surface area (Å²) in [5.74, 6) is 2.18. The molecule has 0 spiro atoms. The number of aliphatic hydroxyl groups excluding tert-OH is 1. The number of aryl methyl sites for hydroxylation is 1. The molecule has 0 aliphatic carbocycles. The minimum absolute atomic E-state index is 0.0606. The fourth-order valence-corrected chi connectivity index (χ4v) is 2.23. The van der Waals surface area contributed by atoms with Gasteiger partial charge in [0.25, 0.3) is 5.89 Å². The van der Waals surface area contributed by atoms with Crippen LogP contribution < -0.4 is 4.74 Å². The van der Waals surface area contributed by atoms with Crippen LogP contribution in [-0.2, 0) is 13.2 Å². The second-order valence-electron chi connectivity index (χ2n) is 4.71. The zero-order valence-corrected chi connectivity index (χ0v) is 12.6. The van der Waals surface area contributed by atoms with Crippen molar-refractivity contribution in [3.63, 3.8) is 0 Å². The lowest BCUT2D eigenvalue weighted by atomic mass is 10.2. The van der Waals surface area contributed by atoms with Gasteiger partial charge in [0, 0.05) is 0 Å². The van der Waals surface area contributed by atoms with E-state index in [0.29, 0.717) is 33.9 Å². The predicted octanol–water partition coefficient (Wildman–Crippen LogP) is 3.97. The van der Waals surface area contributed by atoms with Crippen LogP contribution in [-0.4, -0.2) is 10.1 Å². The molecule has 0 aliphatic heterocycles. The molecular formula is C16H14ClNO4. The standard InChI is InChI=1S/C16H14ClNO4/c1-10-13(18-16(22-10)15-3-2-6-20-15)9-21-14-5-4-11(8-19)7-12(14)17/h2-7,19H,8-9H2,1H3. The molecule has 0 fully saturated rings. The number of hydrogen-bond acceptors (Lipinski definition) is 5. The molecule has 2 aromatic heterocycles. The molecule has 114 valence electrons. The number of aliphatic hydroxyl groups is 1. The zero-order chi connectivity index (χ0) is 15.5. The molecule has 0 radical (unpaired) electrons. The van der Waals surface area contributed by atoms with Crippen molar-refractivity contribution in [3.05, 3.63) is 58.6 Å². The monoisotopic (exact) mass is 319 g/mol. The van der Waals surface area contributed by atoms with Crippen LogP contribution in [0.4, 0.5) is 0 Å². The van der Waals surface area contributed by atoms with Gasteiger partial charge < -0.3 is 18.7 Å². The van der Waals surface area contributed by atoms with Crippen molar-refractivity contribution in [2.45, 2.75) is 20.1 Å². The Kier molecular flexibility index (Phi) is 4.18. The van der Waals surface area contributed by atoms with Crippen molar-refractivity contribution in [1.82, 2.24) is 4.98 Å². The normalized spacial score (nSPS) is 10.9. The molecule has 2 heterocycles. The third kappa shape index (κ3) is 3.00. The van der Waals surface area contributed by atoms with Gasteiger partial charge in [0.1, 0.15) is 23.8 Å². The van der Waals surface area contributed by atoms with Crippen molar-refractivity contribution >= 4 is 11.6 Å². The summed E-state index contributed by atoms with van der Waals surface area (Å²) in [6, 6.07) is 8.69. The Labute approximate surface area is 132 Å². The first-order valence-corrected chi connectivity index (χ1v) is 7.07. The molecule has 5 nitrogen and oxygen atoms in total. The third-order valence-electron chi connectivity index (χ3n) is 3.17. The summed E-state index contributed by atoms with van der Waals surface area (Å²) in [5.41, 5.74) is 1.41. The first kappa shape index (κ1) is 14.7. The number of benzene rings is 1. The topological polar surface area (TPSA) is 68.6 Å². The highest BCUT2D eigenvalue weighted by Crippen LogP contribution is 2.27. The van der Waals surface area contributed by atoms with E-state index in [1.54, 1.807) is 36.6 Å². The predicted molar refractivity (Wildman–Crippen MR) is 80.6 cm³/mol. The van der Waals surface area contributed by atoms with Gasteiger partial charge >= 0.3 is 0 Å². The van der Waals surface area contributed by atoms with Gasteiger partial charge in [-0.3, -0.25) is 0 Å². The molecule has 3 rings (SSSR count). The van der Waals surface area contributed by atoms with Crippen LogP contribution in [0.5, 0.6) is 5.75 Å². The summed E-state index contributed by atoms with van der Waals surface area (Å²) < 4.78 is 16.5. The smallest absolute Gasteiger partial charge is 0.263 e. The summed E-state index contributed by atoms with van der Waals surface area (Å²) in [7, 11) is 0. The van der Waals surface area contributed by atoms with Crippen molar-refractivity contribution in [2.75, 3.05) is 0 Å². The van der Waals surface area contributed by atoms with Crippen LogP contribution in [0.1, 0.15) is 17.0 Å². The van der Waals surface area contributed by atoms with Crippen molar-refractivity contribution in [3.8, 4) is 17.4 Å². The van der Waals surface area contributed by atoms with Crippen LogP contribution in [0.2, 0.25) is 5.02 Å². The number of hydrogen-bond donors (Lipinski definition) is 1. The molecule has 1 aromatic carbocycles. The van der Waals surface area contributed by atoms with Gasteiger partial charge in [0.15, 0.2) is 5.76 Å². The zero-order valence-electron chi connectivity index (χ0n) is 11.9. The SMILES string of the molecule is Cc1oc(-c2ccco2)nc1COc1ccc(CO)cc1Cl. The maximum absolute atomic E-state index is 9.06. The summed E-state index contributed by atoms with van der Waals surface area (Å²) in [6.07, 6.45) is 1.56. The summed E-state index contributed by atoms with van der Waals surface area (Å²) >= 11 is 6.11. The van der Waals surface area contributed by atoms with Crippen LogP contribution in [0, 0.1) is 6.92 Å². The van der Waals surface area contributed by atoms with Crippen molar-refractivity contribution < 1.29 is 18.7 Å². The van der Waals surface area contributed by atoms with E-state index in [4.69, 9.17) is 30.3 Å². The lowest BCUT2D eigenvalue weighted by Gasteiger charge is -2.07. The first-order chi connectivity index (χ1) is 10.7. The Hall–Kier alpha value is -2.24. The molecule has 6 heteroatoms. The highest BCUT2D eigenvalue weighted by atomic mass is 35.5. The minimum atomic E-state index is -0.0606. The lowest BCUT2D eigenvalue weighted by molar-refractivity contribution is 0.280. The molecule has 22 heavy (non-hydrogen) atoms. The lowest BCUT2D eigenvalue weighted by Crippen LogP contribution is -1.98. The van der Waals surface area contributed by atoms with Gasteiger partial charge in [-0.2, -0.15) is 0 Å². The average Bonchev–Trinajstić information content (AvgIpc) is 3.15. The third-order valence-corrected chi connectivity index (χ3v) is 3.46. The second kappa shape index (κ2) is 6.25. The van der Waals surface area contributed by atoms with E-state index in [9.17, 15) is 0 Å².